The van der Waals surface area contributed by atoms with Gasteiger partial charge in [0.25, 0.3) is 11.8 Å². The average molecular weight is 552 g/mol. The maximum Gasteiger partial charge on any atom is 0.635 e. The summed E-state index contributed by atoms with van der Waals surface area (Å²) in [7, 11) is -2.19. The second-order valence-electron chi connectivity index (χ2n) is 10.2. The summed E-state index contributed by atoms with van der Waals surface area (Å²) >= 11 is 0. The Labute approximate surface area is 225 Å². The lowest BCUT2D eigenvalue weighted by Crippen LogP contribution is -2.48. The predicted molar refractivity (Wildman–Crippen MR) is 133 cm³/mol. The first-order valence-electron chi connectivity index (χ1n) is 12.6. The Bertz CT molecular complexity index is 1100. The second-order valence-corrected chi connectivity index (χ2v) is 10.2. The monoisotopic (exact) mass is 552 g/mol. The molecule has 0 saturated carbocycles. The van der Waals surface area contributed by atoms with Crippen molar-refractivity contribution in [1.82, 2.24) is 15.1 Å². The molecule has 2 fully saturated rings. The Morgan fingerprint density at radius 1 is 1.31 bits per heavy atom. The van der Waals surface area contributed by atoms with Gasteiger partial charge in [-0.25, -0.2) is 18.0 Å². The van der Waals surface area contributed by atoms with Crippen LogP contribution in [0.15, 0.2) is 35.9 Å². The summed E-state index contributed by atoms with van der Waals surface area (Å²) in [4.78, 5) is 28.5. The fraction of sp³-hybridized carbons (Fsp3) is 0.560. The molecule has 3 rings (SSSR count). The first-order chi connectivity index (χ1) is 18.3. The van der Waals surface area contributed by atoms with E-state index in [1.165, 1.54) is 40.1 Å². The van der Waals surface area contributed by atoms with E-state index in [2.05, 4.69) is 5.32 Å². The number of nitriles is 1. The summed E-state index contributed by atoms with van der Waals surface area (Å²) in [6.07, 6.45) is -0.869. The maximum atomic E-state index is 13.7. The van der Waals surface area contributed by atoms with Gasteiger partial charge in [0.2, 0.25) is 0 Å². The Kier molecular flexibility index (Phi) is 10.0. The van der Waals surface area contributed by atoms with Crippen LogP contribution in [-0.4, -0.2) is 89.1 Å². The first kappa shape index (κ1) is 30.4. The van der Waals surface area contributed by atoms with Crippen molar-refractivity contribution in [3.63, 3.8) is 0 Å². The summed E-state index contributed by atoms with van der Waals surface area (Å²) in [5.41, 5.74) is -0.596. The van der Waals surface area contributed by atoms with E-state index in [4.69, 9.17) is 9.39 Å². The number of nitrogens with one attached hydrogen (secondary N) is 1. The molecule has 2 atom stereocenters. The topological polar surface area (TPSA) is 135 Å². The number of alkyl carbamates (subject to hydrolysis) is 1. The highest BCUT2D eigenvalue weighted by molar-refractivity contribution is 6.32. The molecule has 2 aliphatic heterocycles. The zero-order chi connectivity index (χ0) is 28.8. The van der Waals surface area contributed by atoms with Crippen molar-refractivity contribution in [2.24, 2.45) is 0 Å². The fourth-order valence-corrected chi connectivity index (χ4v) is 4.63. The van der Waals surface area contributed by atoms with E-state index in [0.29, 0.717) is 24.9 Å². The van der Waals surface area contributed by atoms with Crippen LogP contribution in [0, 0.1) is 17.1 Å². The summed E-state index contributed by atoms with van der Waals surface area (Å²) in [6, 6.07) is 7.19. The highest BCUT2D eigenvalue weighted by atomic mass is 19.3. The fourth-order valence-electron chi connectivity index (χ4n) is 4.63. The molecule has 2 saturated heterocycles. The third-order valence-electron chi connectivity index (χ3n) is 6.67. The van der Waals surface area contributed by atoms with Gasteiger partial charge in [0.1, 0.15) is 29.8 Å². The van der Waals surface area contributed by atoms with E-state index in [-0.39, 0.29) is 31.5 Å². The molecule has 39 heavy (non-hydrogen) atoms. The molecular weight excluding hydrogens is 520 g/mol. The number of rotatable bonds is 9. The number of alkyl halides is 2. The molecule has 0 spiro atoms. The van der Waals surface area contributed by atoms with Gasteiger partial charge in [0.15, 0.2) is 0 Å². The minimum Gasteiger partial charge on any atom is -0.444 e. The van der Waals surface area contributed by atoms with Crippen molar-refractivity contribution in [2.75, 3.05) is 26.2 Å². The Balaban J connectivity index is 1.60. The van der Waals surface area contributed by atoms with E-state index in [1.807, 2.05) is 6.07 Å². The Morgan fingerprint density at radius 3 is 2.59 bits per heavy atom. The Morgan fingerprint density at radius 2 is 2.00 bits per heavy atom. The quantitative estimate of drug-likeness (QED) is 0.183. The summed E-state index contributed by atoms with van der Waals surface area (Å²) in [6.45, 7) is 3.32. The van der Waals surface area contributed by atoms with Crippen LogP contribution in [0.4, 0.5) is 18.0 Å². The number of ether oxygens (including phenoxy) is 1. The van der Waals surface area contributed by atoms with E-state index in [1.54, 1.807) is 13.8 Å². The van der Waals surface area contributed by atoms with E-state index < -0.39 is 55.5 Å². The van der Waals surface area contributed by atoms with Crippen LogP contribution < -0.4 is 5.32 Å². The highest BCUT2D eigenvalue weighted by Crippen LogP contribution is 2.33. The number of hydrogen-bond acceptors (Lipinski definition) is 8. The van der Waals surface area contributed by atoms with E-state index in [9.17, 15) is 38.1 Å². The van der Waals surface area contributed by atoms with Gasteiger partial charge in [-0.05, 0) is 50.5 Å². The van der Waals surface area contributed by atoms with Crippen LogP contribution in [0.1, 0.15) is 38.7 Å². The number of nitrogens with zero attached hydrogens (tertiary/aromatic N) is 3. The molecular formula is C25H32BF3N4O6. The molecule has 0 aliphatic carbocycles. The predicted octanol–water partition coefficient (Wildman–Crippen LogP) is 1.97. The Hall–Kier alpha value is -3.12. The SMILES string of the molecule is CC(C)(C=C(C#N)C(=O)N1CCC[C@H](OC(=O)N[C@@H](Cc2ccc(F)cc2)OB(O)O)C1)N1CCC(F)(F)C1. The van der Waals surface area contributed by atoms with Gasteiger partial charge in [-0.15, -0.1) is 0 Å². The van der Waals surface area contributed by atoms with E-state index in [0.717, 1.165) is 0 Å². The number of carbonyl (C=O) groups is 2. The number of halogens is 3. The third kappa shape index (κ3) is 8.96. The highest BCUT2D eigenvalue weighted by Gasteiger charge is 2.43. The van der Waals surface area contributed by atoms with Crippen molar-refractivity contribution in [3.8, 4) is 6.07 Å². The van der Waals surface area contributed by atoms with Crippen LogP contribution in [0.2, 0.25) is 0 Å². The van der Waals surface area contributed by atoms with Crippen LogP contribution >= 0.6 is 0 Å². The number of benzene rings is 1. The molecule has 1 aromatic carbocycles. The number of hydrogen-bond donors (Lipinski definition) is 3. The van der Waals surface area contributed by atoms with Crippen molar-refractivity contribution >= 4 is 19.3 Å². The smallest absolute Gasteiger partial charge is 0.444 e. The van der Waals surface area contributed by atoms with Gasteiger partial charge in [-0.1, -0.05) is 12.1 Å². The molecule has 212 valence electrons. The lowest BCUT2D eigenvalue weighted by molar-refractivity contribution is -0.129. The average Bonchev–Trinajstić information content (AvgIpc) is 3.23. The second kappa shape index (κ2) is 12.8. The van der Waals surface area contributed by atoms with Gasteiger partial charge in [0, 0.05) is 31.5 Å². The van der Waals surface area contributed by atoms with Crippen LogP contribution in [0.5, 0.6) is 0 Å². The molecule has 0 unspecified atom stereocenters. The zero-order valence-corrected chi connectivity index (χ0v) is 21.8. The minimum atomic E-state index is -2.82. The third-order valence-corrected chi connectivity index (χ3v) is 6.67. The van der Waals surface area contributed by atoms with Gasteiger partial charge in [-0.3, -0.25) is 15.0 Å². The maximum absolute atomic E-state index is 13.7. The number of likely N-dealkylation sites (tertiary alicyclic amines) is 2. The molecule has 0 bridgehead atoms. The van der Waals surface area contributed by atoms with Crippen LogP contribution in [0.3, 0.4) is 0 Å². The van der Waals surface area contributed by atoms with Gasteiger partial charge < -0.3 is 24.3 Å². The lowest BCUT2D eigenvalue weighted by atomic mass is 9.98. The van der Waals surface area contributed by atoms with Gasteiger partial charge in [-0.2, -0.15) is 5.26 Å². The molecule has 1 aromatic rings. The van der Waals surface area contributed by atoms with Crippen LogP contribution in [-0.2, 0) is 20.6 Å². The summed E-state index contributed by atoms with van der Waals surface area (Å²) in [5, 5.41) is 30.4. The van der Waals surface area contributed by atoms with Gasteiger partial charge in [0.05, 0.1) is 13.1 Å². The number of amides is 2. The summed E-state index contributed by atoms with van der Waals surface area (Å²) < 4.78 is 50.9. The van der Waals surface area contributed by atoms with Crippen molar-refractivity contribution in [2.45, 2.75) is 63.3 Å². The molecule has 10 nitrogen and oxygen atoms in total. The number of piperidine rings is 1. The van der Waals surface area contributed by atoms with Crippen molar-refractivity contribution in [3.05, 3.63) is 47.3 Å². The molecule has 2 aliphatic rings. The summed E-state index contributed by atoms with van der Waals surface area (Å²) in [5.74, 6) is -3.87. The van der Waals surface area contributed by atoms with E-state index >= 15 is 0 Å². The van der Waals surface area contributed by atoms with Crippen molar-refractivity contribution in [1.29, 1.82) is 5.26 Å². The van der Waals surface area contributed by atoms with Gasteiger partial charge >= 0.3 is 13.4 Å². The first-order valence-corrected chi connectivity index (χ1v) is 12.6. The molecule has 0 radical (unpaired) electrons. The minimum absolute atomic E-state index is 0.000399. The molecule has 14 heteroatoms. The van der Waals surface area contributed by atoms with Crippen LogP contribution in [0.25, 0.3) is 0 Å². The zero-order valence-electron chi connectivity index (χ0n) is 21.8. The largest absolute Gasteiger partial charge is 0.635 e. The molecule has 2 amide bonds. The molecule has 0 aromatic heterocycles. The molecule has 3 N–H and O–H groups in total. The number of carbonyl (C=O) groups excluding carboxylic acids is 2. The molecule has 2 heterocycles. The normalized spacial score (nSPS) is 20.7. The van der Waals surface area contributed by atoms with Crippen molar-refractivity contribution < 1.29 is 42.2 Å². The lowest BCUT2D eigenvalue weighted by Gasteiger charge is -2.35. The standard InChI is InChI=1S/C25H32BF3N4O6/c1-24(2,33-11-9-25(28,29)16-33)13-18(14-30)22(34)32-10-3-4-20(15-32)38-23(35)31-21(39-26(36)37)12-17-5-7-19(27)8-6-17/h5-8,13,20-21,36-37H,3-4,9-12,15-16H2,1-2H3,(H,31,35)/t20-,21+/m0/s1.